The molecule has 26 heavy (non-hydrogen) atoms. The molecule has 0 heterocycles. The first-order valence-corrected chi connectivity index (χ1v) is 11.1. The van der Waals surface area contributed by atoms with E-state index >= 15 is 0 Å². The van der Waals surface area contributed by atoms with Crippen molar-refractivity contribution in [1.29, 1.82) is 0 Å². The maximum atomic E-state index is 12.1. The Bertz CT molecular complexity index is 653. The number of rotatable bonds is 7. The Hall–Kier alpha value is -1.91. The second-order valence-electron chi connectivity index (χ2n) is 7.60. The van der Waals surface area contributed by atoms with Crippen LogP contribution in [-0.2, 0) is 14.0 Å². The van der Waals surface area contributed by atoms with Gasteiger partial charge in [-0.25, -0.2) is 0 Å². The average molecular weight is 371 g/mol. The molecular weight excluding hydrogens is 340 g/mol. The van der Waals surface area contributed by atoms with Crippen molar-refractivity contribution in [2.75, 3.05) is 13.7 Å². The first kappa shape index (κ1) is 20.4. The first-order chi connectivity index (χ1) is 12.4. The van der Waals surface area contributed by atoms with Gasteiger partial charge in [-0.1, -0.05) is 88.4 Å². The Morgan fingerprint density at radius 1 is 0.962 bits per heavy atom. The summed E-state index contributed by atoms with van der Waals surface area (Å²) in [5.74, 6) is -0.452. The Morgan fingerprint density at radius 3 is 1.77 bits per heavy atom. The number of methoxy groups -OCH3 is 1. The summed E-state index contributed by atoms with van der Waals surface area (Å²) >= 11 is 0. The highest BCUT2D eigenvalue weighted by atomic mass is 28.4. The summed E-state index contributed by atoms with van der Waals surface area (Å²) in [5.41, 5.74) is 0. The summed E-state index contributed by atoms with van der Waals surface area (Å²) in [7, 11) is -1.16. The van der Waals surface area contributed by atoms with Gasteiger partial charge < -0.3 is 9.16 Å². The van der Waals surface area contributed by atoms with Gasteiger partial charge in [-0.15, -0.1) is 0 Å². The Kier molecular flexibility index (Phi) is 6.79. The molecule has 0 bridgehead atoms. The van der Waals surface area contributed by atoms with E-state index in [0.717, 1.165) is 0 Å². The monoisotopic (exact) mass is 370 g/mol. The molecule has 140 valence electrons. The van der Waals surface area contributed by atoms with Gasteiger partial charge in [0.15, 0.2) is 0 Å². The van der Waals surface area contributed by atoms with Crippen LogP contribution in [0, 0.1) is 5.92 Å². The topological polar surface area (TPSA) is 35.5 Å². The summed E-state index contributed by atoms with van der Waals surface area (Å²) in [6.07, 6.45) is 0.699. The first-order valence-electron chi connectivity index (χ1n) is 9.19. The normalized spacial score (nSPS) is 13.3. The molecule has 0 aliphatic carbocycles. The number of ether oxygens (including phenoxy) is 1. The van der Waals surface area contributed by atoms with Crippen LogP contribution < -0.4 is 10.4 Å². The molecular formula is C22H30O3Si. The summed E-state index contributed by atoms with van der Waals surface area (Å²) < 4.78 is 11.7. The fourth-order valence-electron chi connectivity index (χ4n) is 3.51. The van der Waals surface area contributed by atoms with Gasteiger partial charge >= 0.3 is 5.97 Å². The maximum Gasteiger partial charge on any atom is 0.310 e. The number of carbonyl (C=O) groups excluding carboxylic acids is 1. The van der Waals surface area contributed by atoms with Gasteiger partial charge in [-0.2, -0.15) is 0 Å². The van der Waals surface area contributed by atoms with Crippen LogP contribution in [0.25, 0.3) is 0 Å². The lowest BCUT2D eigenvalue weighted by Crippen LogP contribution is -2.67. The Morgan fingerprint density at radius 2 is 1.42 bits per heavy atom. The van der Waals surface area contributed by atoms with E-state index in [0.29, 0.717) is 13.0 Å². The van der Waals surface area contributed by atoms with E-state index in [4.69, 9.17) is 9.16 Å². The zero-order chi connectivity index (χ0) is 19.2. The average Bonchev–Trinajstić information content (AvgIpc) is 2.65. The summed E-state index contributed by atoms with van der Waals surface area (Å²) in [6, 6.07) is 20.9. The molecule has 0 N–H and O–H groups in total. The Balaban J connectivity index is 2.55. The SMILES string of the molecule is CC[C@H](CO[Si](c1ccccc1)(c1ccccc1)C(C)(C)C)C(=O)OC. The third kappa shape index (κ3) is 4.08. The standard InChI is InChI=1S/C22H30O3Si/c1-6-18(21(23)24-5)17-25-26(22(2,3)4,19-13-9-7-10-14-19)20-15-11-8-12-16-20/h7-16,18H,6,17H2,1-5H3/t18-/m1/s1. The van der Waals surface area contributed by atoms with Gasteiger partial charge in [-0.3, -0.25) is 4.79 Å². The van der Waals surface area contributed by atoms with Gasteiger partial charge in [0.25, 0.3) is 8.32 Å². The van der Waals surface area contributed by atoms with Gasteiger partial charge in [-0.05, 0) is 21.8 Å². The smallest absolute Gasteiger partial charge is 0.310 e. The molecule has 2 rings (SSSR count). The molecule has 0 saturated heterocycles. The predicted octanol–water partition coefficient (Wildman–Crippen LogP) is 3.76. The molecule has 4 heteroatoms. The minimum Gasteiger partial charge on any atom is -0.469 e. The third-order valence-electron chi connectivity index (χ3n) is 4.95. The second-order valence-corrected chi connectivity index (χ2v) is 11.9. The van der Waals surface area contributed by atoms with Gasteiger partial charge in [0.1, 0.15) is 0 Å². The van der Waals surface area contributed by atoms with E-state index in [1.54, 1.807) is 0 Å². The number of esters is 1. The van der Waals surface area contributed by atoms with Gasteiger partial charge in [0, 0.05) is 6.61 Å². The van der Waals surface area contributed by atoms with Crippen molar-refractivity contribution in [1.82, 2.24) is 0 Å². The quantitative estimate of drug-likeness (QED) is 0.550. The number of hydrogen-bond acceptors (Lipinski definition) is 3. The predicted molar refractivity (Wildman–Crippen MR) is 109 cm³/mol. The van der Waals surface area contributed by atoms with Crippen LogP contribution in [0.4, 0.5) is 0 Å². The molecule has 0 spiro atoms. The van der Waals surface area contributed by atoms with Crippen molar-refractivity contribution < 1.29 is 14.0 Å². The molecule has 0 amide bonds. The molecule has 2 aromatic carbocycles. The minimum absolute atomic E-state index is 0.0931. The van der Waals surface area contributed by atoms with Crippen LogP contribution >= 0.6 is 0 Å². The van der Waals surface area contributed by atoms with Crippen LogP contribution in [0.1, 0.15) is 34.1 Å². The number of hydrogen-bond donors (Lipinski definition) is 0. The fraction of sp³-hybridized carbons (Fsp3) is 0.409. The van der Waals surface area contributed by atoms with Crippen molar-refractivity contribution in [3.8, 4) is 0 Å². The van der Waals surface area contributed by atoms with Gasteiger partial charge in [0.05, 0.1) is 13.0 Å². The maximum absolute atomic E-state index is 12.1. The highest BCUT2D eigenvalue weighted by Gasteiger charge is 2.50. The Labute approximate surface area is 158 Å². The van der Waals surface area contributed by atoms with Crippen LogP contribution in [0.15, 0.2) is 60.7 Å². The van der Waals surface area contributed by atoms with Crippen molar-refractivity contribution in [3.63, 3.8) is 0 Å². The van der Waals surface area contributed by atoms with Gasteiger partial charge in [0.2, 0.25) is 0 Å². The largest absolute Gasteiger partial charge is 0.469 e. The third-order valence-corrected chi connectivity index (χ3v) is 9.95. The molecule has 0 fully saturated rings. The van der Waals surface area contributed by atoms with Crippen molar-refractivity contribution >= 4 is 24.7 Å². The summed E-state index contributed by atoms with van der Waals surface area (Å²) in [5, 5.41) is 2.35. The van der Waals surface area contributed by atoms with E-state index in [1.165, 1.54) is 17.5 Å². The number of benzene rings is 2. The van der Waals surface area contributed by atoms with Crippen molar-refractivity contribution in [2.45, 2.75) is 39.2 Å². The molecule has 0 unspecified atom stereocenters. The second kappa shape index (κ2) is 8.65. The van der Waals surface area contributed by atoms with Crippen LogP contribution in [0.5, 0.6) is 0 Å². The van der Waals surface area contributed by atoms with E-state index in [1.807, 2.05) is 19.1 Å². The summed E-state index contributed by atoms with van der Waals surface area (Å²) in [6.45, 7) is 9.07. The molecule has 3 nitrogen and oxygen atoms in total. The van der Waals surface area contributed by atoms with E-state index in [2.05, 4.69) is 69.3 Å². The highest BCUT2D eigenvalue weighted by Crippen LogP contribution is 2.37. The fourth-order valence-corrected chi connectivity index (χ4v) is 8.11. The molecule has 2 aromatic rings. The lowest BCUT2D eigenvalue weighted by atomic mass is 10.1. The van der Waals surface area contributed by atoms with Crippen molar-refractivity contribution in [2.24, 2.45) is 5.92 Å². The molecule has 0 saturated carbocycles. The van der Waals surface area contributed by atoms with E-state index < -0.39 is 8.32 Å². The summed E-state index contributed by atoms with van der Waals surface area (Å²) in [4.78, 5) is 12.1. The molecule has 0 aliphatic heterocycles. The molecule has 1 atom stereocenters. The zero-order valence-electron chi connectivity index (χ0n) is 16.5. The van der Waals surface area contributed by atoms with Crippen molar-refractivity contribution in [3.05, 3.63) is 60.7 Å². The van der Waals surface area contributed by atoms with E-state index in [-0.39, 0.29) is 16.9 Å². The number of carbonyl (C=O) groups is 1. The minimum atomic E-state index is -2.59. The van der Waals surface area contributed by atoms with Crippen LogP contribution in [0.2, 0.25) is 5.04 Å². The zero-order valence-corrected chi connectivity index (χ0v) is 17.5. The lowest BCUT2D eigenvalue weighted by Gasteiger charge is -2.43. The molecule has 0 radical (unpaired) electrons. The highest BCUT2D eigenvalue weighted by molar-refractivity contribution is 6.99. The van der Waals surface area contributed by atoms with Crippen LogP contribution in [-0.4, -0.2) is 28.0 Å². The molecule has 0 aromatic heterocycles. The van der Waals surface area contributed by atoms with E-state index in [9.17, 15) is 4.79 Å². The van der Waals surface area contributed by atoms with Crippen LogP contribution in [0.3, 0.4) is 0 Å². The molecule has 0 aliphatic rings. The lowest BCUT2D eigenvalue weighted by molar-refractivity contribution is -0.146.